The summed E-state index contributed by atoms with van der Waals surface area (Å²) in [5.74, 6) is -3.40. The van der Waals surface area contributed by atoms with E-state index in [0.29, 0.717) is 24.6 Å². The van der Waals surface area contributed by atoms with Crippen LogP contribution in [0.5, 0.6) is 0 Å². The van der Waals surface area contributed by atoms with Gasteiger partial charge in [0.05, 0.1) is 11.1 Å². The first-order chi connectivity index (χ1) is 9.71. The van der Waals surface area contributed by atoms with Crippen molar-refractivity contribution in [3.8, 4) is 0 Å². The number of carbonyl (C=O) groups is 2. The standard InChI is InChI=1S/C13H11F4NO3/c14-9-4-3-7(13(15,16)17)6-8(9)11(19)18-5-1-2-10(18)12(20)21/h3-4,6,10H,1-2,5H2,(H,20,21)/t10-/m1/s1. The molecule has 1 aromatic rings. The minimum absolute atomic E-state index is 0.0749. The van der Waals surface area contributed by atoms with Crippen LogP contribution >= 0.6 is 0 Å². The first-order valence-electron chi connectivity index (χ1n) is 6.12. The fourth-order valence-corrected chi connectivity index (χ4v) is 2.29. The maximum atomic E-state index is 13.6. The molecule has 4 nitrogen and oxygen atoms in total. The molecule has 1 N–H and O–H groups in total. The summed E-state index contributed by atoms with van der Waals surface area (Å²) >= 11 is 0. The van der Waals surface area contributed by atoms with Crippen LogP contribution < -0.4 is 0 Å². The minimum atomic E-state index is -4.71. The number of benzene rings is 1. The molecule has 0 unspecified atom stereocenters. The quantitative estimate of drug-likeness (QED) is 0.854. The van der Waals surface area contributed by atoms with Crippen molar-refractivity contribution in [1.29, 1.82) is 0 Å². The van der Waals surface area contributed by atoms with Crippen molar-refractivity contribution in [2.75, 3.05) is 6.54 Å². The van der Waals surface area contributed by atoms with Gasteiger partial charge in [0.1, 0.15) is 11.9 Å². The Bertz CT molecular complexity index is 585. The zero-order valence-electron chi connectivity index (χ0n) is 10.7. The highest BCUT2D eigenvalue weighted by Gasteiger charge is 2.37. The Morgan fingerprint density at radius 3 is 2.52 bits per heavy atom. The number of aliphatic carboxylic acids is 1. The fraction of sp³-hybridized carbons (Fsp3) is 0.385. The zero-order valence-corrected chi connectivity index (χ0v) is 10.7. The molecule has 21 heavy (non-hydrogen) atoms. The van der Waals surface area contributed by atoms with Crippen LogP contribution in [0, 0.1) is 5.82 Å². The number of nitrogens with zero attached hydrogens (tertiary/aromatic N) is 1. The van der Waals surface area contributed by atoms with E-state index in [1.807, 2.05) is 0 Å². The number of likely N-dealkylation sites (tertiary alicyclic amines) is 1. The van der Waals surface area contributed by atoms with E-state index < -0.39 is 41.0 Å². The first-order valence-corrected chi connectivity index (χ1v) is 6.12. The van der Waals surface area contributed by atoms with E-state index >= 15 is 0 Å². The maximum Gasteiger partial charge on any atom is 0.416 e. The van der Waals surface area contributed by atoms with Gasteiger partial charge in [-0.2, -0.15) is 13.2 Å². The second-order valence-electron chi connectivity index (χ2n) is 4.69. The molecular formula is C13H11F4NO3. The number of halogens is 4. The van der Waals surface area contributed by atoms with Crippen LogP contribution in [0.25, 0.3) is 0 Å². The highest BCUT2D eigenvalue weighted by atomic mass is 19.4. The summed E-state index contributed by atoms with van der Waals surface area (Å²) < 4.78 is 51.4. The molecule has 1 aliphatic heterocycles. The molecule has 8 heteroatoms. The second kappa shape index (κ2) is 5.34. The van der Waals surface area contributed by atoms with E-state index in [2.05, 4.69) is 0 Å². The van der Waals surface area contributed by atoms with Crippen molar-refractivity contribution < 1.29 is 32.3 Å². The third kappa shape index (κ3) is 2.98. The minimum Gasteiger partial charge on any atom is -0.480 e. The number of hydrogen-bond acceptors (Lipinski definition) is 2. The third-order valence-electron chi connectivity index (χ3n) is 3.32. The molecule has 1 aromatic carbocycles. The van der Waals surface area contributed by atoms with Crippen LogP contribution in [0.3, 0.4) is 0 Å². The predicted molar refractivity (Wildman–Crippen MR) is 63.1 cm³/mol. The molecular weight excluding hydrogens is 294 g/mol. The largest absolute Gasteiger partial charge is 0.480 e. The number of carboxylic acid groups (broad SMARTS) is 1. The van der Waals surface area contributed by atoms with E-state index in [0.717, 1.165) is 4.90 Å². The number of carbonyl (C=O) groups excluding carboxylic acids is 1. The highest BCUT2D eigenvalue weighted by Crippen LogP contribution is 2.31. The van der Waals surface area contributed by atoms with E-state index in [9.17, 15) is 27.2 Å². The molecule has 1 amide bonds. The monoisotopic (exact) mass is 305 g/mol. The van der Waals surface area contributed by atoms with Gasteiger partial charge in [-0.05, 0) is 31.0 Å². The van der Waals surface area contributed by atoms with Crippen LogP contribution in [0.1, 0.15) is 28.8 Å². The van der Waals surface area contributed by atoms with Gasteiger partial charge < -0.3 is 10.0 Å². The lowest BCUT2D eigenvalue weighted by molar-refractivity contribution is -0.141. The summed E-state index contributed by atoms with van der Waals surface area (Å²) in [6.45, 7) is 0.0749. The molecule has 0 radical (unpaired) electrons. The lowest BCUT2D eigenvalue weighted by Gasteiger charge is -2.22. The molecule has 1 atom stereocenters. The van der Waals surface area contributed by atoms with Crippen molar-refractivity contribution >= 4 is 11.9 Å². The lowest BCUT2D eigenvalue weighted by Crippen LogP contribution is -2.40. The number of carboxylic acids is 1. The van der Waals surface area contributed by atoms with Crippen LogP contribution in [0.2, 0.25) is 0 Å². The smallest absolute Gasteiger partial charge is 0.416 e. The van der Waals surface area contributed by atoms with Crippen LogP contribution in [0.4, 0.5) is 17.6 Å². The van der Waals surface area contributed by atoms with Gasteiger partial charge >= 0.3 is 12.1 Å². The van der Waals surface area contributed by atoms with Gasteiger partial charge in [0, 0.05) is 6.54 Å². The van der Waals surface area contributed by atoms with Gasteiger partial charge in [0.15, 0.2) is 0 Å². The molecule has 2 rings (SSSR count). The fourth-order valence-electron chi connectivity index (χ4n) is 2.29. The molecule has 0 saturated carbocycles. The molecule has 1 saturated heterocycles. The van der Waals surface area contributed by atoms with Gasteiger partial charge in [-0.25, -0.2) is 9.18 Å². The Hall–Kier alpha value is -2.12. The Labute approximate surface area is 117 Å². The average Bonchev–Trinajstić information content (AvgIpc) is 2.86. The van der Waals surface area contributed by atoms with Crippen molar-refractivity contribution in [3.05, 3.63) is 35.1 Å². The summed E-state index contributed by atoms with van der Waals surface area (Å²) in [4.78, 5) is 24.0. The Morgan fingerprint density at radius 2 is 1.95 bits per heavy atom. The van der Waals surface area contributed by atoms with E-state index in [1.165, 1.54) is 0 Å². The maximum absolute atomic E-state index is 13.6. The lowest BCUT2D eigenvalue weighted by atomic mass is 10.1. The van der Waals surface area contributed by atoms with Gasteiger partial charge in [-0.3, -0.25) is 4.79 Å². The summed E-state index contributed by atoms with van der Waals surface area (Å²) in [6.07, 6.45) is -4.11. The van der Waals surface area contributed by atoms with Crippen LogP contribution in [-0.2, 0) is 11.0 Å². The normalized spacial score (nSPS) is 18.9. The Morgan fingerprint density at radius 1 is 1.29 bits per heavy atom. The average molecular weight is 305 g/mol. The summed E-state index contributed by atoms with van der Waals surface area (Å²) in [6, 6.07) is 0.369. The number of alkyl halides is 3. The van der Waals surface area contributed by atoms with Gasteiger partial charge in [-0.1, -0.05) is 0 Å². The van der Waals surface area contributed by atoms with Crippen molar-refractivity contribution in [1.82, 2.24) is 4.90 Å². The number of hydrogen-bond donors (Lipinski definition) is 1. The van der Waals surface area contributed by atoms with Gasteiger partial charge in [0.2, 0.25) is 0 Å². The molecule has 1 fully saturated rings. The van der Waals surface area contributed by atoms with Gasteiger partial charge in [-0.15, -0.1) is 0 Å². The highest BCUT2D eigenvalue weighted by molar-refractivity contribution is 5.97. The Balaban J connectivity index is 2.37. The molecule has 1 heterocycles. The van der Waals surface area contributed by atoms with Gasteiger partial charge in [0.25, 0.3) is 5.91 Å². The van der Waals surface area contributed by atoms with E-state index in [1.54, 1.807) is 0 Å². The summed E-state index contributed by atoms with van der Waals surface area (Å²) in [7, 11) is 0. The second-order valence-corrected chi connectivity index (χ2v) is 4.69. The molecule has 0 bridgehead atoms. The molecule has 0 spiro atoms. The first kappa shape index (κ1) is 15.3. The Kier molecular flexibility index (Phi) is 3.89. The molecule has 0 aromatic heterocycles. The zero-order chi connectivity index (χ0) is 15.8. The predicted octanol–water partition coefficient (Wildman–Crippen LogP) is 2.53. The van der Waals surface area contributed by atoms with Crippen LogP contribution in [0.15, 0.2) is 18.2 Å². The van der Waals surface area contributed by atoms with Crippen molar-refractivity contribution in [2.24, 2.45) is 0 Å². The summed E-state index contributed by atoms with van der Waals surface area (Å²) in [5.41, 5.74) is -1.92. The van der Waals surface area contributed by atoms with Crippen LogP contribution in [-0.4, -0.2) is 34.5 Å². The van der Waals surface area contributed by atoms with E-state index in [4.69, 9.17) is 5.11 Å². The van der Waals surface area contributed by atoms with Crippen molar-refractivity contribution in [2.45, 2.75) is 25.1 Å². The van der Waals surface area contributed by atoms with E-state index in [-0.39, 0.29) is 13.0 Å². The molecule has 114 valence electrons. The number of amides is 1. The topological polar surface area (TPSA) is 57.6 Å². The SMILES string of the molecule is O=C(O)[C@H]1CCCN1C(=O)c1cc(C(F)(F)F)ccc1F. The summed E-state index contributed by atoms with van der Waals surface area (Å²) in [5, 5.41) is 8.96. The van der Waals surface area contributed by atoms with Crippen molar-refractivity contribution in [3.63, 3.8) is 0 Å². The molecule has 1 aliphatic rings. The molecule has 0 aliphatic carbocycles. The number of rotatable bonds is 2. The third-order valence-corrected chi connectivity index (χ3v) is 3.32.